The standard InChI is InChI=1S/C21H27ClN2O6S/c1-4-28-18-12-15(13-19(29-5-2)20(18)30-6-3)21(25)23-10-11-24-31(26,27)17-9-7-8-16(22)14-17/h7-9,12-14,24H,4-6,10-11H2,1-3H3,(H,23,25). The van der Waals surface area contributed by atoms with E-state index in [1.54, 1.807) is 24.3 Å². The lowest BCUT2D eigenvalue weighted by Gasteiger charge is -2.17. The minimum absolute atomic E-state index is 0.00818. The van der Waals surface area contributed by atoms with Crippen molar-refractivity contribution in [1.29, 1.82) is 0 Å². The van der Waals surface area contributed by atoms with Crippen molar-refractivity contribution in [2.75, 3.05) is 32.9 Å². The van der Waals surface area contributed by atoms with Gasteiger partial charge < -0.3 is 19.5 Å². The minimum atomic E-state index is -3.73. The first kappa shape index (κ1) is 24.8. The smallest absolute Gasteiger partial charge is 0.251 e. The first-order valence-electron chi connectivity index (χ1n) is 9.92. The van der Waals surface area contributed by atoms with E-state index < -0.39 is 15.9 Å². The van der Waals surface area contributed by atoms with E-state index in [0.29, 0.717) is 47.7 Å². The van der Waals surface area contributed by atoms with Gasteiger partial charge in [-0.2, -0.15) is 0 Å². The van der Waals surface area contributed by atoms with Crippen LogP contribution in [0.15, 0.2) is 41.3 Å². The van der Waals surface area contributed by atoms with Gasteiger partial charge in [0.25, 0.3) is 5.91 Å². The molecule has 0 saturated heterocycles. The molecule has 31 heavy (non-hydrogen) atoms. The number of amides is 1. The molecule has 0 aliphatic carbocycles. The fourth-order valence-electron chi connectivity index (χ4n) is 2.70. The molecule has 0 heterocycles. The van der Waals surface area contributed by atoms with Crippen LogP contribution in [0.2, 0.25) is 5.02 Å². The molecule has 0 aliphatic rings. The van der Waals surface area contributed by atoms with Gasteiger partial charge in [0.05, 0.1) is 24.7 Å². The van der Waals surface area contributed by atoms with Crippen LogP contribution in [0.3, 0.4) is 0 Å². The van der Waals surface area contributed by atoms with Crippen LogP contribution in [0.1, 0.15) is 31.1 Å². The quantitative estimate of drug-likeness (QED) is 0.461. The molecule has 2 N–H and O–H groups in total. The second-order valence-electron chi connectivity index (χ2n) is 6.21. The third kappa shape index (κ3) is 7.02. The summed E-state index contributed by atoms with van der Waals surface area (Å²) in [6.07, 6.45) is 0. The average molecular weight is 471 g/mol. The lowest BCUT2D eigenvalue weighted by atomic mass is 10.1. The third-order valence-corrected chi connectivity index (χ3v) is 5.67. The van der Waals surface area contributed by atoms with Crippen LogP contribution in [0.25, 0.3) is 0 Å². The Kier molecular flexibility index (Phi) is 9.42. The third-order valence-electron chi connectivity index (χ3n) is 3.98. The van der Waals surface area contributed by atoms with Crippen LogP contribution in [-0.4, -0.2) is 47.2 Å². The van der Waals surface area contributed by atoms with Crippen molar-refractivity contribution in [3.05, 3.63) is 47.0 Å². The Labute approximate surface area is 187 Å². The molecule has 2 aromatic rings. The van der Waals surface area contributed by atoms with E-state index in [-0.39, 0.29) is 18.0 Å². The molecule has 170 valence electrons. The van der Waals surface area contributed by atoms with Gasteiger partial charge in [0, 0.05) is 23.7 Å². The van der Waals surface area contributed by atoms with E-state index in [1.807, 2.05) is 20.8 Å². The van der Waals surface area contributed by atoms with E-state index in [1.165, 1.54) is 12.1 Å². The lowest BCUT2D eigenvalue weighted by molar-refractivity contribution is 0.0953. The molecular formula is C21H27ClN2O6S. The van der Waals surface area contributed by atoms with Crippen molar-refractivity contribution in [3.63, 3.8) is 0 Å². The van der Waals surface area contributed by atoms with Crippen molar-refractivity contribution < 1.29 is 27.4 Å². The Morgan fingerprint density at radius 3 is 2.10 bits per heavy atom. The highest BCUT2D eigenvalue weighted by Crippen LogP contribution is 2.39. The molecule has 0 aromatic heterocycles. The second kappa shape index (κ2) is 11.8. The number of halogens is 1. The van der Waals surface area contributed by atoms with Crippen molar-refractivity contribution in [3.8, 4) is 17.2 Å². The Hall–Kier alpha value is -2.49. The number of benzene rings is 2. The molecule has 0 aliphatic heterocycles. The first-order chi connectivity index (χ1) is 14.8. The maximum Gasteiger partial charge on any atom is 0.251 e. The minimum Gasteiger partial charge on any atom is -0.490 e. The Bertz CT molecular complexity index is 970. The zero-order valence-electron chi connectivity index (χ0n) is 17.7. The maximum absolute atomic E-state index is 12.6. The van der Waals surface area contributed by atoms with Gasteiger partial charge in [-0.05, 0) is 51.1 Å². The van der Waals surface area contributed by atoms with Crippen molar-refractivity contribution in [1.82, 2.24) is 10.0 Å². The summed E-state index contributed by atoms with van der Waals surface area (Å²) in [5.74, 6) is 0.855. The van der Waals surface area contributed by atoms with Crippen molar-refractivity contribution in [2.45, 2.75) is 25.7 Å². The number of ether oxygens (including phenoxy) is 3. The van der Waals surface area contributed by atoms with E-state index in [9.17, 15) is 13.2 Å². The Morgan fingerprint density at radius 2 is 1.55 bits per heavy atom. The van der Waals surface area contributed by atoms with Gasteiger partial charge in [0.1, 0.15) is 0 Å². The number of carbonyl (C=O) groups excluding carboxylic acids is 1. The van der Waals surface area contributed by atoms with Gasteiger partial charge in [0.15, 0.2) is 11.5 Å². The molecule has 0 saturated carbocycles. The van der Waals surface area contributed by atoms with Crippen LogP contribution in [-0.2, 0) is 10.0 Å². The molecule has 0 fully saturated rings. The van der Waals surface area contributed by atoms with Crippen LogP contribution in [0, 0.1) is 0 Å². The number of nitrogens with one attached hydrogen (secondary N) is 2. The summed E-state index contributed by atoms with van der Waals surface area (Å²) >= 11 is 5.84. The monoisotopic (exact) mass is 470 g/mol. The van der Waals surface area contributed by atoms with Crippen LogP contribution in [0.5, 0.6) is 17.2 Å². The predicted octanol–water partition coefficient (Wildman–Crippen LogP) is 3.24. The molecule has 0 radical (unpaired) electrons. The molecule has 1 amide bonds. The molecule has 0 atom stereocenters. The van der Waals surface area contributed by atoms with Crippen molar-refractivity contribution >= 4 is 27.5 Å². The summed E-state index contributed by atoms with van der Waals surface area (Å²) in [6, 6.07) is 9.08. The Morgan fingerprint density at radius 1 is 0.935 bits per heavy atom. The Balaban J connectivity index is 2.06. The topological polar surface area (TPSA) is 103 Å². The summed E-state index contributed by atoms with van der Waals surface area (Å²) < 4.78 is 43.9. The van der Waals surface area contributed by atoms with E-state index >= 15 is 0 Å². The number of carbonyl (C=O) groups is 1. The number of hydrogen-bond donors (Lipinski definition) is 2. The zero-order valence-corrected chi connectivity index (χ0v) is 19.3. The van der Waals surface area contributed by atoms with Gasteiger partial charge in [-0.25, -0.2) is 13.1 Å². The normalized spacial score (nSPS) is 11.1. The predicted molar refractivity (Wildman–Crippen MR) is 119 cm³/mol. The summed E-state index contributed by atoms with van der Waals surface area (Å²) in [5.41, 5.74) is 0.313. The summed E-state index contributed by atoms with van der Waals surface area (Å²) in [6.45, 7) is 6.79. The summed E-state index contributed by atoms with van der Waals surface area (Å²) in [7, 11) is -3.73. The first-order valence-corrected chi connectivity index (χ1v) is 11.8. The average Bonchev–Trinajstić information content (AvgIpc) is 2.73. The number of rotatable bonds is 12. The molecule has 2 aromatic carbocycles. The van der Waals surface area contributed by atoms with Gasteiger partial charge >= 0.3 is 0 Å². The highest BCUT2D eigenvalue weighted by molar-refractivity contribution is 7.89. The summed E-state index contributed by atoms with van der Waals surface area (Å²) in [5, 5.41) is 3.00. The summed E-state index contributed by atoms with van der Waals surface area (Å²) in [4.78, 5) is 12.7. The van der Waals surface area contributed by atoms with Crippen LogP contribution < -0.4 is 24.2 Å². The number of sulfonamides is 1. The highest BCUT2D eigenvalue weighted by atomic mass is 35.5. The molecule has 0 unspecified atom stereocenters. The molecule has 0 spiro atoms. The van der Waals surface area contributed by atoms with E-state index in [4.69, 9.17) is 25.8 Å². The van der Waals surface area contributed by atoms with E-state index in [2.05, 4.69) is 10.0 Å². The van der Waals surface area contributed by atoms with Crippen LogP contribution >= 0.6 is 11.6 Å². The fraction of sp³-hybridized carbons (Fsp3) is 0.381. The molecule has 10 heteroatoms. The van der Waals surface area contributed by atoms with Gasteiger partial charge in [-0.1, -0.05) is 17.7 Å². The molecule has 0 bridgehead atoms. The molecule has 8 nitrogen and oxygen atoms in total. The SMILES string of the molecule is CCOc1cc(C(=O)NCCNS(=O)(=O)c2cccc(Cl)c2)cc(OCC)c1OCC. The highest BCUT2D eigenvalue weighted by Gasteiger charge is 2.19. The van der Waals surface area contributed by atoms with Crippen LogP contribution in [0.4, 0.5) is 0 Å². The lowest BCUT2D eigenvalue weighted by Crippen LogP contribution is -2.34. The van der Waals surface area contributed by atoms with Crippen molar-refractivity contribution in [2.24, 2.45) is 0 Å². The number of hydrogen-bond acceptors (Lipinski definition) is 6. The zero-order chi connectivity index (χ0) is 22.9. The largest absolute Gasteiger partial charge is 0.490 e. The maximum atomic E-state index is 12.6. The second-order valence-corrected chi connectivity index (χ2v) is 8.42. The fourth-order valence-corrected chi connectivity index (χ4v) is 4.03. The van der Waals surface area contributed by atoms with Gasteiger partial charge in [0.2, 0.25) is 15.8 Å². The molecular weight excluding hydrogens is 444 g/mol. The molecule has 2 rings (SSSR count). The van der Waals surface area contributed by atoms with Gasteiger partial charge in [-0.15, -0.1) is 0 Å². The van der Waals surface area contributed by atoms with Gasteiger partial charge in [-0.3, -0.25) is 4.79 Å². The van der Waals surface area contributed by atoms with E-state index in [0.717, 1.165) is 0 Å².